The number of aromatic nitrogens is 1. The highest BCUT2D eigenvalue weighted by Gasteiger charge is 2.22. The van der Waals surface area contributed by atoms with Gasteiger partial charge in [-0.05, 0) is 12.1 Å². The minimum Gasteiger partial charge on any atom is -0.394 e. The number of nitro benzene ring substituents is 1. The van der Waals surface area contributed by atoms with E-state index in [4.69, 9.17) is 4.74 Å². The van der Waals surface area contributed by atoms with Crippen molar-refractivity contribution in [3.8, 4) is 0 Å². The molecule has 0 aliphatic heterocycles. The van der Waals surface area contributed by atoms with Crippen molar-refractivity contribution in [3.05, 3.63) is 27.8 Å². The lowest BCUT2D eigenvalue weighted by molar-refractivity contribution is -0.382. The molecule has 8 heteroatoms. The van der Waals surface area contributed by atoms with E-state index in [2.05, 4.69) is 10.3 Å². The molecule has 0 fully saturated rings. The molecule has 0 aliphatic rings. The SMILES string of the molecule is COCC(CO)Nc1ccc2scnc2c1[N+](=O)[O-]. The monoisotopic (exact) mass is 283 g/mol. The average molecular weight is 283 g/mol. The third-order valence-electron chi connectivity index (χ3n) is 2.61. The number of hydrogen-bond acceptors (Lipinski definition) is 7. The predicted octanol–water partition coefficient (Wildman–Crippen LogP) is 1.62. The molecule has 1 heterocycles. The van der Waals surface area contributed by atoms with Gasteiger partial charge in [0.25, 0.3) is 0 Å². The molecule has 0 amide bonds. The van der Waals surface area contributed by atoms with Crippen LogP contribution in [0, 0.1) is 10.1 Å². The summed E-state index contributed by atoms with van der Waals surface area (Å²) in [5.74, 6) is 0. The van der Waals surface area contributed by atoms with E-state index in [1.54, 1.807) is 17.6 Å². The van der Waals surface area contributed by atoms with Gasteiger partial charge in [0.1, 0.15) is 5.69 Å². The normalized spacial score (nSPS) is 12.5. The van der Waals surface area contributed by atoms with Crippen molar-refractivity contribution in [2.75, 3.05) is 25.6 Å². The molecule has 1 atom stereocenters. The Morgan fingerprint density at radius 1 is 1.63 bits per heavy atom. The lowest BCUT2D eigenvalue weighted by Gasteiger charge is -2.16. The Kier molecular flexibility index (Phi) is 4.25. The van der Waals surface area contributed by atoms with Gasteiger partial charge < -0.3 is 15.2 Å². The lowest BCUT2D eigenvalue weighted by atomic mass is 10.2. The van der Waals surface area contributed by atoms with Crippen molar-refractivity contribution in [1.29, 1.82) is 0 Å². The molecule has 2 rings (SSSR count). The fourth-order valence-corrected chi connectivity index (χ4v) is 2.46. The molecule has 0 saturated carbocycles. The zero-order valence-corrected chi connectivity index (χ0v) is 11.0. The summed E-state index contributed by atoms with van der Waals surface area (Å²) >= 11 is 1.35. The Hall–Kier alpha value is -1.77. The first-order chi connectivity index (χ1) is 9.17. The minimum absolute atomic E-state index is 0.0756. The van der Waals surface area contributed by atoms with Gasteiger partial charge >= 0.3 is 5.69 Å². The van der Waals surface area contributed by atoms with Crippen molar-refractivity contribution in [2.45, 2.75) is 6.04 Å². The van der Waals surface area contributed by atoms with E-state index >= 15 is 0 Å². The molecule has 2 aromatic rings. The second-order valence-corrected chi connectivity index (χ2v) is 4.78. The number of thiazole rings is 1. The molecule has 102 valence electrons. The predicted molar refractivity (Wildman–Crippen MR) is 72.6 cm³/mol. The Morgan fingerprint density at radius 2 is 2.42 bits per heavy atom. The third-order valence-corrected chi connectivity index (χ3v) is 3.40. The van der Waals surface area contributed by atoms with E-state index in [9.17, 15) is 15.2 Å². The van der Waals surface area contributed by atoms with Crippen LogP contribution in [0.3, 0.4) is 0 Å². The fourth-order valence-electron chi connectivity index (χ4n) is 1.78. The number of hydrogen-bond donors (Lipinski definition) is 2. The number of benzene rings is 1. The number of nitrogens with one attached hydrogen (secondary N) is 1. The van der Waals surface area contributed by atoms with Crippen LogP contribution in [0.1, 0.15) is 0 Å². The quantitative estimate of drug-likeness (QED) is 0.617. The molecular formula is C11H13N3O4S. The van der Waals surface area contributed by atoms with E-state index in [1.807, 2.05) is 0 Å². The van der Waals surface area contributed by atoms with Gasteiger partial charge in [-0.15, -0.1) is 11.3 Å². The summed E-state index contributed by atoms with van der Waals surface area (Å²) in [6.45, 7) is 0.0723. The van der Waals surface area contributed by atoms with E-state index < -0.39 is 11.0 Å². The van der Waals surface area contributed by atoms with Crippen molar-refractivity contribution >= 4 is 32.9 Å². The largest absolute Gasteiger partial charge is 0.394 e. The van der Waals surface area contributed by atoms with Gasteiger partial charge in [0.2, 0.25) is 0 Å². The first kappa shape index (κ1) is 13.7. The number of methoxy groups -OCH3 is 1. The second kappa shape index (κ2) is 5.91. The number of nitrogens with zero attached hydrogens (tertiary/aromatic N) is 2. The second-order valence-electron chi connectivity index (χ2n) is 3.90. The molecular weight excluding hydrogens is 270 g/mol. The maximum atomic E-state index is 11.2. The zero-order valence-electron chi connectivity index (χ0n) is 10.2. The van der Waals surface area contributed by atoms with Gasteiger partial charge in [0.15, 0.2) is 5.52 Å². The van der Waals surface area contributed by atoms with E-state index in [-0.39, 0.29) is 18.9 Å². The minimum atomic E-state index is -0.467. The van der Waals surface area contributed by atoms with Crippen LogP contribution < -0.4 is 5.32 Å². The Balaban J connectivity index is 2.41. The van der Waals surface area contributed by atoms with Crippen molar-refractivity contribution in [2.24, 2.45) is 0 Å². The highest BCUT2D eigenvalue weighted by atomic mass is 32.1. The van der Waals surface area contributed by atoms with Crippen LogP contribution in [0.4, 0.5) is 11.4 Å². The standard InChI is InChI=1S/C11H13N3O4S/c1-18-5-7(4-15)13-8-2-3-9-10(12-6-19-9)11(8)14(16)17/h2-3,6-7,13,15H,4-5H2,1H3. The highest BCUT2D eigenvalue weighted by molar-refractivity contribution is 7.16. The van der Waals surface area contributed by atoms with Crippen molar-refractivity contribution < 1.29 is 14.8 Å². The maximum absolute atomic E-state index is 11.2. The summed E-state index contributed by atoms with van der Waals surface area (Å²) in [4.78, 5) is 14.8. The van der Waals surface area contributed by atoms with Crippen LogP contribution in [0.25, 0.3) is 10.2 Å². The number of nitro groups is 1. The summed E-state index contributed by atoms with van der Waals surface area (Å²) in [7, 11) is 1.50. The van der Waals surface area contributed by atoms with Crippen LogP contribution in [0.5, 0.6) is 0 Å². The number of aliphatic hydroxyl groups excluding tert-OH is 1. The smallest absolute Gasteiger partial charge is 0.319 e. The molecule has 0 spiro atoms. The summed E-state index contributed by atoms with van der Waals surface area (Å²) in [5.41, 5.74) is 2.18. The topological polar surface area (TPSA) is 97.5 Å². The average Bonchev–Trinajstić information content (AvgIpc) is 2.85. The van der Waals surface area contributed by atoms with Crippen LogP contribution in [0.15, 0.2) is 17.6 Å². The Bertz CT molecular complexity index is 586. The maximum Gasteiger partial charge on any atom is 0.319 e. The molecule has 0 radical (unpaired) electrons. The van der Waals surface area contributed by atoms with Gasteiger partial charge in [-0.3, -0.25) is 10.1 Å². The summed E-state index contributed by atoms with van der Waals surface area (Å²) < 4.78 is 5.69. The summed E-state index contributed by atoms with van der Waals surface area (Å²) in [6, 6.07) is 2.99. The van der Waals surface area contributed by atoms with Crippen LogP contribution in [-0.2, 0) is 4.74 Å². The van der Waals surface area contributed by atoms with Crippen molar-refractivity contribution in [1.82, 2.24) is 4.98 Å². The molecule has 2 N–H and O–H groups in total. The first-order valence-corrected chi connectivity index (χ1v) is 6.42. The fraction of sp³-hybridized carbons (Fsp3) is 0.364. The molecule has 0 saturated heterocycles. The third kappa shape index (κ3) is 2.80. The molecule has 7 nitrogen and oxygen atoms in total. The van der Waals surface area contributed by atoms with Gasteiger partial charge in [-0.1, -0.05) is 0 Å². The zero-order chi connectivity index (χ0) is 13.8. The Morgan fingerprint density at radius 3 is 3.05 bits per heavy atom. The molecule has 0 aliphatic carbocycles. The first-order valence-electron chi connectivity index (χ1n) is 5.54. The summed E-state index contributed by atoms with van der Waals surface area (Å²) in [5, 5.41) is 23.3. The number of fused-ring (bicyclic) bond motifs is 1. The molecule has 1 aromatic heterocycles. The van der Waals surface area contributed by atoms with Crippen LogP contribution in [-0.4, -0.2) is 41.4 Å². The van der Waals surface area contributed by atoms with Crippen molar-refractivity contribution in [3.63, 3.8) is 0 Å². The Labute approximate surface area is 113 Å². The lowest BCUT2D eigenvalue weighted by Crippen LogP contribution is -2.29. The molecule has 1 unspecified atom stereocenters. The van der Waals surface area contributed by atoms with E-state index in [0.29, 0.717) is 11.2 Å². The van der Waals surface area contributed by atoms with Crippen LogP contribution in [0.2, 0.25) is 0 Å². The van der Waals surface area contributed by atoms with Gasteiger partial charge in [-0.25, -0.2) is 4.98 Å². The van der Waals surface area contributed by atoms with Gasteiger partial charge in [0.05, 0.1) is 34.4 Å². The molecule has 0 bridgehead atoms. The van der Waals surface area contributed by atoms with E-state index in [1.165, 1.54) is 18.4 Å². The molecule has 19 heavy (non-hydrogen) atoms. The number of rotatable bonds is 6. The number of aliphatic hydroxyl groups is 1. The number of anilines is 1. The van der Waals surface area contributed by atoms with Gasteiger partial charge in [-0.2, -0.15) is 0 Å². The van der Waals surface area contributed by atoms with Crippen LogP contribution >= 0.6 is 11.3 Å². The highest BCUT2D eigenvalue weighted by Crippen LogP contribution is 2.34. The molecule has 1 aromatic carbocycles. The summed E-state index contributed by atoms with van der Waals surface area (Å²) in [6.07, 6.45) is 0. The number of ether oxygens (including phenoxy) is 1. The van der Waals surface area contributed by atoms with E-state index in [0.717, 1.165) is 4.70 Å². The van der Waals surface area contributed by atoms with Gasteiger partial charge in [0, 0.05) is 7.11 Å².